The number of nitrogens with one attached hydrogen (secondary N) is 2. The molecule has 0 aromatic carbocycles. The Hall–Kier alpha value is -0.290. The van der Waals surface area contributed by atoms with Crippen LogP contribution in [0, 0.1) is 0 Å². The number of hydrogen-bond acceptors (Lipinski definition) is 8. The SMILES string of the molecule is O=C(CCl)NCCCOP(=O)(O)C[C@H](O)C[C@H]1N[C@H](CO)[C@@H](O)[C@@H]1O. The van der Waals surface area contributed by atoms with E-state index in [0.29, 0.717) is 6.42 Å². The Balaban J connectivity index is 2.31. The Bertz CT molecular complexity index is 471. The molecule has 0 saturated carbocycles. The average Bonchev–Trinajstić information content (AvgIpc) is 2.81. The molecule has 1 heterocycles. The van der Waals surface area contributed by atoms with Gasteiger partial charge in [-0.05, 0) is 12.8 Å². The van der Waals surface area contributed by atoms with E-state index >= 15 is 0 Å². The Morgan fingerprint density at radius 1 is 1.32 bits per heavy atom. The fraction of sp³-hybridized carbons (Fsp3) is 0.923. The van der Waals surface area contributed by atoms with E-state index in [1.54, 1.807) is 0 Å². The molecule has 148 valence electrons. The van der Waals surface area contributed by atoms with Crippen LogP contribution in [-0.2, 0) is 13.9 Å². The van der Waals surface area contributed by atoms with Crippen molar-refractivity contribution in [2.75, 3.05) is 31.8 Å². The van der Waals surface area contributed by atoms with Crippen LogP contribution in [0.5, 0.6) is 0 Å². The Labute approximate surface area is 150 Å². The molecule has 1 saturated heterocycles. The van der Waals surface area contributed by atoms with E-state index in [2.05, 4.69) is 10.6 Å². The standard InChI is InChI=1S/C13H26ClN2O8P/c14-5-11(19)15-2-1-3-24-25(22,23)7-8(18)4-9-12(20)13(21)10(6-17)16-9/h8-10,12-13,16-18,20-21H,1-7H2,(H,15,19)(H,22,23)/t8-,9-,10-,12-,13-/m1/s1. The predicted octanol–water partition coefficient (Wildman–Crippen LogP) is -2.26. The van der Waals surface area contributed by atoms with Gasteiger partial charge in [-0.2, -0.15) is 0 Å². The molecule has 0 aromatic heterocycles. The first-order valence-corrected chi connectivity index (χ1v) is 10.2. The maximum Gasteiger partial charge on any atom is 0.330 e. The van der Waals surface area contributed by atoms with E-state index in [0.717, 1.165) is 0 Å². The molecule has 1 fully saturated rings. The van der Waals surface area contributed by atoms with Gasteiger partial charge < -0.3 is 40.5 Å². The van der Waals surface area contributed by atoms with E-state index in [4.69, 9.17) is 21.2 Å². The molecule has 0 spiro atoms. The largest absolute Gasteiger partial charge is 0.395 e. The lowest BCUT2D eigenvalue weighted by Crippen LogP contribution is -2.38. The molecule has 1 aliphatic heterocycles. The summed E-state index contributed by atoms with van der Waals surface area (Å²) in [6, 6.07) is -1.43. The third-order valence-electron chi connectivity index (χ3n) is 3.82. The molecule has 0 aliphatic carbocycles. The van der Waals surface area contributed by atoms with Crippen LogP contribution in [0.4, 0.5) is 0 Å². The Kier molecular flexibility index (Phi) is 9.79. The van der Waals surface area contributed by atoms with Crippen LogP contribution in [0.3, 0.4) is 0 Å². The summed E-state index contributed by atoms with van der Waals surface area (Å²) in [7, 11) is -4.04. The van der Waals surface area contributed by atoms with Crippen molar-refractivity contribution in [3.8, 4) is 0 Å². The van der Waals surface area contributed by atoms with Crippen molar-refractivity contribution in [2.24, 2.45) is 0 Å². The number of amides is 1. The van der Waals surface area contributed by atoms with Gasteiger partial charge in [0.1, 0.15) is 5.88 Å². The van der Waals surface area contributed by atoms with Gasteiger partial charge in [-0.3, -0.25) is 9.36 Å². The van der Waals surface area contributed by atoms with Crippen LogP contribution < -0.4 is 10.6 Å². The molecule has 1 rings (SSSR count). The summed E-state index contributed by atoms with van der Waals surface area (Å²) in [5.41, 5.74) is 0. The normalized spacial score (nSPS) is 30.0. The highest BCUT2D eigenvalue weighted by Crippen LogP contribution is 2.43. The second kappa shape index (κ2) is 10.8. The molecule has 12 heteroatoms. The number of carbonyl (C=O) groups excluding carboxylic acids is 1. The minimum atomic E-state index is -4.04. The number of aliphatic hydroxyl groups excluding tert-OH is 4. The zero-order valence-corrected chi connectivity index (χ0v) is 15.3. The summed E-state index contributed by atoms with van der Waals surface area (Å²) in [5, 5.41) is 43.7. The summed E-state index contributed by atoms with van der Waals surface area (Å²) in [6.07, 6.45) is -3.95. The number of alkyl halides is 1. The van der Waals surface area contributed by atoms with Crippen molar-refractivity contribution in [3.05, 3.63) is 0 Å². The quantitative estimate of drug-likeness (QED) is 0.114. The van der Waals surface area contributed by atoms with Gasteiger partial charge in [-0.15, -0.1) is 11.6 Å². The molecule has 1 unspecified atom stereocenters. The first kappa shape index (κ1) is 22.8. The molecule has 6 atom stereocenters. The van der Waals surface area contributed by atoms with Crippen molar-refractivity contribution in [1.82, 2.24) is 10.6 Å². The molecule has 7 N–H and O–H groups in total. The highest BCUT2D eigenvalue weighted by Gasteiger charge is 2.41. The van der Waals surface area contributed by atoms with Crippen LogP contribution in [0.25, 0.3) is 0 Å². The van der Waals surface area contributed by atoms with E-state index in [-0.39, 0.29) is 38.0 Å². The van der Waals surface area contributed by atoms with Gasteiger partial charge in [-0.25, -0.2) is 0 Å². The number of aliphatic hydroxyl groups is 4. The van der Waals surface area contributed by atoms with Gasteiger partial charge >= 0.3 is 7.60 Å². The van der Waals surface area contributed by atoms with E-state index in [1.165, 1.54) is 0 Å². The molecule has 10 nitrogen and oxygen atoms in total. The second-order valence-corrected chi connectivity index (χ2v) is 8.09. The maximum atomic E-state index is 11.9. The fourth-order valence-corrected chi connectivity index (χ4v) is 3.85. The monoisotopic (exact) mass is 404 g/mol. The van der Waals surface area contributed by atoms with Crippen molar-refractivity contribution in [1.29, 1.82) is 0 Å². The first-order chi connectivity index (χ1) is 11.7. The lowest BCUT2D eigenvalue weighted by atomic mass is 10.0. The number of rotatable bonds is 11. The molecule has 0 bridgehead atoms. The van der Waals surface area contributed by atoms with E-state index < -0.39 is 44.2 Å². The van der Waals surface area contributed by atoms with Gasteiger partial charge in [0.2, 0.25) is 5.91 Å². The van der Waals surface area contributed by atoms with Gasteiger partial charge in [-0.1, -0.05) is 0 Å². The topological polar surface area (TPSA) is 169 Å². The molecule has 1 aliphatic rings. The fourth-order valence-electron chi connectivity index (χ4n) is 2.56. The molecule has 1 amide bonds. The smallest absolute Gasteiger partial charge is 0.330 e. The third kappa shape index (κ3) is 7.86. The summed E-state index contributed by atoms with van der Waals surface area (Å²) < 4.78 is 16.8. The van der Waals surface area contributed by atoms with Gasteiger partial charge in [0.05, 0.1) is 43.7 Å². The van der Waals surface area contributed by atoms with E-state index in [1.807, 2.05) is 0 Å². The minimum Gasteiger partial charge on any atom is -0.395 e. The zero-order chi connectivity index (χ0) is 19.0. The summed E-state index contributed by atoms with van der Waals surface area (Å²) >= 11 is 5.29. The lowest BCUT2D eigenvalue weighted by Gasteiger charge is -2.21. The predicted molar refractivity (Wildman–Crippen MR) is 89.4 cm³/mol. The average molecular weight is 405 g/mol. The van der Waals surface area contributed by atoms with Gasteiger partial charge in [0.15, 0.2) is 0 Å². The van der Waals surface area contributed by atoms with Gasteiger partial charge in [0.25, 0.3) is 0 Å². The number of hydrogen-bond donors (Lipinski definition) is 7. The maximum absolute atomic E-state index is 11.9. The van der Waals surface area contributed by atoms with Crippen molar-refractivity contribution in [3.63, 3.8) is 0 Å². The molecule has 25 heavy (non-hydrogen) atoms. The van der Waals surface area contributed by atoms with Crippen molar-refractivity contribution >= 4 is 25.1 Å². The zero-order valence-electron chi connectivity index (χ0n) is 13.6. The highest BCUT2D eigenvalue weighted by molar-refractivity contribution is 7.52. The number of carbonyl (C=O) groups is 1. The Morgan fingerprint density at radius 2 is 1.96 bits per heavy atom. The molecule has 0 radical (unpaired) electrons. The lowest BCUT2D eigenvalue weighted by molar-refractivity contribution is -0.118. The summed E-state index contributed by atoms with van der Waals surface area (Å²) in [5.74, 6) is -0.520. The van der Waals surface area contributed by atoms with Crippen molar-refractivity contribution < 1.29 is 39.2 Å². The third-order valence-corrected chi connectivity index (χ3v) is 5.54. The van der Waals surface area contributed by atoms with Gasteiger partial charge in [0, 0.05) is 12.6 Å². The van der Waals surface area contributed by atoms with E-state index in [9.17, 15) is 29.6 Å². The van der Waals surface area contributed by atoms with Crippen LogP contribution >= 0.6 is 19.2 Å². The van der Waals surface area contributed by atoms with Crippen LogP contribution in [0.15, 0.2) is 0 Å². The molecular weight excluding hydrogens is 379 g/mol. The Morgan fingerprint density at radius 3 is 2.52 bits per heavy atom. The summed E-state index contributed by atoms with van der Waals surface area (Å²) in [6.45, 7) is -0.224. The van der Waals surface area contributed by atoms with Crippen LogP contribution in [0.2, 0.25) is 0 Å². The highest BCUT2D eigenvalue weighted by atomic mass is 35.5. The van der Waals surface area contributed by atoms with Crippen LogP contribution in [0.1, 0.15) is 12.8 Å². The first-order valence-electron chi connectivity index (χ1n) is 7.90. The summed E-state index contributed by atoms with van der Waals surface area (Å²) in [4.78, 5) is 20.6. The molecule has 0 aromatic rings. The van der Waals surface area contributed by atoms with Crippen molar-refractivity contribution in [2.45, 2.75) is 43.2 Å². The van der Waals surface area contributed by atoms with Crippen LogP contribution in [-0.4, -0.2) is 93.4 Å². The second-order valence-electron chi connectivity index (χ2n) is 5.92. The number of halogens is 1. The minimum absolute atomic E-state index is 0.0847. The molecular formula is C13H26ClN2O8P.